The Kier molecular flexibility index (Phi) is 6.05. The highest BCUT2D eigenvalue weighted by atomic mass is 19.3. The van der Waals surface area contributed by atoms with Crippen molar-refractivity contribution in [2.24, 2.45) is 0 Å². The molecule has 3 aromatic rings. The number of carbonyl (C=O) groups is 2. The third kappa shape index (κ3) is 5.06. The highest BCUT2D eigenvalue weighted by Crippen LogP contribution is 2.29. The van der Waals surface area contributed by atoms with E-state index in [1.54, 1.807) is 27.4 Å². The fraction of sp³-hybridized carbons (Fsp3) is 0.435. The zero-order valence-electron chi connectivity index (χ0n) is 19.3. The number of carbonyl (C=O) groups excluding carboxylic acids is 2. The summed E-state index contributed by atoms with van der Waals surface area (Å²) < 4.78 is 30.2. The lowest BCUT2D eigenvalue weighted by Crippen LogP contribution is -2.47. The number of amides is 2. The van der Waals surface area contributed by atoms with Gasteiger partial charge < -0.3 is 5.32 Å². The Morgan fingerprint density at radius 2 is 1.97 bits per heavy atom. The van der Waals surface area contributed by atoms with E-state index < -0.39 is 17.9 Å². The number of hydrogen-bond acceptors (Lipinski definition) is 6. The van der Waals surface area contributed by atoms with Crippen molar-refractivity contribution in [3.63, 3.8) is 0 Å². The van der Waals surface area contributed by atoms with Crippen LogP contribution in [0, 0.1) is 0 Å². The quantitative estimate of drug-likeness (QED) is 0.570. The SMILES string of the molecule is CN1C(=O)[C@@H](NC(=O)c2ncn(Cc3ccccc3)n2)CCn2nc(CN3CCC(F)(F)C3)cc21. The fourth-order valence-electron chi connectivity index (χ4n) is 4.47. The van der Waals surface area contributed by atoms with Gasteiger partial charge in [-0.1, -0.05) is 30.3 Å². The monoisotopic (exact) mass is 484 g/mol. The van der Waals surface area contributed by atoms with E-state index >= 15 is 0 Å². The summed E-state index contributed by atoms with van der Waals surface area (Å²) in [4.78, 5) is 33.0. The minimum atomic E-state index is -2.67. The average molecular weight is 485 g/mol. The predicted octanol–water partition coefficient (Wildman–Crippen LogP) is 1.53. The molecule has 10 nitrogen and oxygen atoms in total. The Morgan fingerprint density at radius 1 is 1.17 bits per heavy atom. The zero-order valence-corrected chi connectivity index (χ0v) is 19.3. The lowest BCUT2D eigenvalue weighted by molar-refractivity contribution is -0.120. The summed E-state index contributed by atoms with van der Waals surface area (Å²) in [6.45, 7) is 1.20. The number of aromatic nitrogens is 5. The maximum atomic E-state index is 13.5. The number of halogens is 2. The van der Waals surface area contributed by atoms with E-state index in [4.69, 9.17) is 0 Å². The summed E-state index contributed by atoms with van der Waals surface area (Å²) in [6.07, 6.45) is 1.66. The smallest absolute Gasteiger partial charge is 0.291 e. The fourth-order valence-corrected chi connectivity index (χ4v) is 4.47. The number of aryl methyl sites for hydroxylation is 1. The summed E-state index contributed by atoms with van der Waals surface area (Å²) in [5.74, 6) is -2.93. The molecule has 1 saturated heterocycles. The number of fused-ring (bicyclic) bond motifs is 1. The largest absolute Gasteiger partial charge is 0.337 e. The molecule has 1 N–H and O–H groups in total. The maximum Gasteiger partial charge on any atom is 0.291 e. The second-order valence-corrected chi connectivity index (χ2v) is 9.00. The lowest BCUT2D eigenvalue weighted by Gasteiger charge is -2.20. The third-order valence-electron chi connectivity index (χ3n) is 6.28. The maximum absolute atomic E-state index is 13.5. The van der Waals surface area contributed by atoms with E-state index in [9.17, 15) is 18.4 Å². The van der Waals surface area contributed by atoms with Crippen LogP contribution in [0.25, 0.3) is 0 Å². The van der Waals surface area contributed by atoms with Crippen LogP contribution in [0.3, 0.4) is 0 Å². The van der Waals surface area contributed by atoms with Crippen molar-refractivity contribution in [3.05, 3.63) is 59.8 Å². The molecule has 5 rings (SSSR count). The van der Waals surface area contributed by atoms with Crippen LogP contribution in [0.1, 0.15) is 34.7 Å². The second-order valence-electron chi connectivity index (χ2n) is 9.00. The molecule has 1 aromatic carbocycles. The Morgan fingerprint density at radius 3 is 2.71 bits per heavy atom. The average Bonchev–Trinajstić information content (AvgIpc) is 3.53. The van der Waals surface area contributed by atoms with Crippen LogP contribution in [-0.2, 0) is 24.4 Å². The third-order valence-corrected chi connectivity index (χ3v) is 6.28. The van der Waals surface area contributed by atoms with Crippen molar-refractivity contribution in [3.8, 4) is 0 Å². The number of alkyl halides is 2. The van der Waals surface area contributed by atoms with Gasteiger partial charge in [-0.25, -0.2) is 23.1 Å². The van der Waals surface area contributed by atoms with Crippen molar-refractivity contribution in [2.75, 3.05) is 25.0 Å². The van der Waals surface area contributed by atoms with Crippen LogP contribution in [0.4, 0.5) is 14.6 Å². The van der Waals surface area contributed by atoms with Crippen LogP contribution >= 0.6 is 0 Å². The number of nitrogens with one attached hydrogen (secondary N) is 1. The molecule has 0 bridgehead atoms. The normalized spacial score (nSPS) is 20.0. The summed E-state index contributed by atoms with van der Waals surface area (Å²) in [6, 6.07) is 10.7. The van der Waals surface area contributed by atoms with E-state index in [0.717, 1.165) is 5.56 Å². The van der Waals surface area contributed by atoms with Crippen molar-refractivity contribution in [1.82, 2.24) is 34.8 Å². The first-order chi connectivity index (χ1) is 16.8. The minimum Gasteiger partial charge on any atom is -0.337 e. The highest BCUT2D eigenvalue weighted by molar-refractivity contribution is 6.00. The topological polar surface area (TPSA) is 101 Å². The van der Waals surface area contributed by atoms with Crippen molar-refractivity contribution in [1.29, 1.82) is 0 Å². The van der Waals surface area contributed by atoms with E-state index in [-0.39, 0.29) is 24.7 Å². The Balaban J connectivity index is 1.21. The van der Waals surface area contributed by atoms with Crippen LogP contribution < -0.4 is 10.2 Å². The molecule has 0 saturated carbocycles. The molecular formula is C23H26F2N8O2. The molecule has 0 spiro atoms. The van der Waals surface area contributed by atoms with Crippen molar-refractivity contribution in [2.45, 2.75) is 44.4 Å². The summed E-state index contributed by atoms with van der Waals surface area (Å²) in [5.41, 5.74) is 1.66. The molecule has 12 heteroatoms. The van der Waals surface area contributed by atoms with E-state index in [2.05, 4.69) is 20.5 Å². The molecule has 1 atom stereocenters. The molecule has 35 heavy (non-hydrogen) atoms. The van der Waals surface area contributed by atoms with Crippen LogP contribution in [0.15, 0.2) is 42.7 Å². The van der Waals surface area contributed by atoms with Crippen molar-refractivity contribution < 1.29 is 18.4 Å². The molecule has 2 aromatic heterocycles. The van der Waals surface area contributed by atoms with Gasteiger partial charge in [0.2, 0.25) is 5.82 Å². The molecule has 2 aliphatic rings. The van der Waals surface area contributed by atoms with Crippen LogP contribution in [-0.4, -0.2) is 73.4 Å². The molecule has 0 radical (unpaired) electrons. The molecule has 4 heterocycles. The first-order valence-corrected chi connectivity index (χ1v) is 11.5. The van der Waals surface area contributed by atoms with Crippen LogP contribution in [0.2, 0.25) is 0 Å². The summed E-state index contributed by atoms with van der Waals surface area (Å²) in [5, 5.41) is 11.5. The number of benzene rings is 1. The highest BCUT2D eigenvalue weighted by Gasteiger charge is 2.38. The van der Waals surface area contributed by atoms with Gasteiger partial charge in [0.1, 0.15) is 18.2 Å². The Labute approximate surface area is 200 Å². The standard InChI is InChI=1S/C23H26F2N8O2/c1-30-19-11-17(13-31-10-8-23(24,25)14-31)28-33(19)9-7-18(22(30)35)27-21(34)20-26-15-32(29-20)12-16-5-3-2-4-6-16/h2-6,11,15,18H,7-10,12-14H2,1H3,(H,27,34)/t18-/m0/s1. The molecule has 184 valence electrons. The van der Waals surface area contributed by atoms with Crippen LogP contribution in [0.5, 0.6) is 0 Å². The Bertz CT molecular complexity index is 1230. The summed E-state index contributed by atoms with van der Waals surface area (Å²) in [7, 11) is 1.61. The predicted molar refractivity (Wildman–Crippen MR) is 122 cm³/mol. The van der Waals surface area contributed by atoms with Gasteiger partial charge in [-0.05, 0) is 12.0 Å². The number of nitrogens with zero attached hydrogens (tertiary/aromatic N) is 7. The molecule has 0 aliphatic carbocycles. The Hall–Kier alpha value is -3.67. The molecule has 2 amide bonds. The number of anilines is 1. The molecule has 2 aliphatic heterocycles. The van der Waals surface area contributed by atoms with Gasteiger partial charge in [-0.3, -0.25) is 19.4 Å². The van der Waals surface area contributed by atoms with Gasteiger partial charge in [-0.2, -0.15) is 5.10 Å². The minimum absolute atomic E-state index is 0.0110. The van der Waals surface area contributed by atoms with Gasteiger partial charge in [0.15, 0.2) is 0 Å². The molecule has 0 unspecified atom stereocenters. The van der Waals surface area contributed by atoms with Gasteiger partial charge in [-0.15, -0.1) is 5.10 Å². The van der Waals surface area contributed by atoms with Gasteiger partial charge in [0.25, 0.3) is 17.7 Å². The first kappa shape index (κ1) is 23.1. The van der Waals surface area contributed by atoms with Crippen molar-refractivity contribution >= 4 is 17.6 Å². The summed E-state index contributed by atoms with van der Waals surface area (Å²) >= 11 is 0. The van der Waals surface area contributed by atoms with Gasteiger partial charge >= 0.3 is 0 Å². The number of likely N-dealkylation sites (N-methyl/N-ethyl adjacent to an activating group) is 1. The molecule has 1 fully saturated rings. The zero-order chi connectivity index (χ0) is 24.6. The van der Waals surface area contributed by atoms with Gasteiger partial charge in [0, 0.05) is 39.2 Å². The van der Waals surface area contributed by atoms with E-state index in [0.29, 0.717) is 44.1 Å². The van der Waals surface area contributed by atoms with E-state index in [1.165, 1.54) is 11.2 Å². The van der Waals surface area contributed by atoms with Gasteiger partial charge in [0.05, 0.1) is 18.8 Å². The van der Waals surface area contributed by atoms with E-state index in [1.807, 2.05) is 30.3 Å². The first-order valence-electron chi connectivity index (χ1n) is 11.5. The number of likely N-dealkylation sites (tertiary alicyclic amines) is 1. The number of rotatable bonds is 6. The molecular weight excluding hydrogens is 458 g/mol. The number of hydrogen-bond donors (Lipinski definition) is 1. The second kappa shape index (κ2) is 9.17. The lowest BCUT2D eigenvalue weighted by atomic mass is 10.2.